The fourth-order valence-electron chi connectivity index (χ4n) is 3.44. The van der Waals surface area contributed by atoms with Crippen molar-refractivity contribution in [2.45, 2.75) is 13.8 Å². The molecule has 1 aliphatic rings. The lowest BCUT2D eigenvalue weighted by Gasteiger charge is -2.14. The number of nitro benzene ring substituents is 1. The molecule has 0 bridgehead atoms. The number of cyclic esters (lactones) is 1. The highest BCUT2D eigenvalue weighted by atomic mass is 79.9. The van der Waals surface area contributed by atoms with Crippen LogP contribution in [-0.4, -0.2) is 29.4 Å². The summed E-state index contributed by atoms with van der Waals surface area (Å²) in [4.78, 5) is 40.1. The number of carbonyl (C=O) groups is 2. The highest BCUT2D eigenvalue weighted by Gasteiger charge is 2.26. The van der Waals surface area contributed by atoms with E-state index >= 15 is 0 Å². The number of nitro groups is 1. The molecule has 37 heavy (non-hydrogen) atoms. The van der Waals surface area contributed by atoms with E-state index in [1.54, 1.807) is 62.4 Å². The number of hydrogen-bond acceptors (Lipinski definition) is 8. The van der Waals surface area contributed by atoms with Crippen LogP contribution in [0.2, 0.25) is 5.02 Å². The van der Waals surface area contributed by atoms with E-state index in [-0.39, 0.29) is 46.0 Å². The Labute approximate surface area is 224 Å². The van der Waals surface area contributed by atoms with Crippen molar-refractivity contribution < 1.29 is 28.7 Å². The first kappa shape index (κ1) is 26.1. The monoisotopic (exact) mass is 584 g/mol. The second-order valence-corrected chi connectivity index (χ2v) is 8.99. The standard InChI is InChI=1S/C26H18BrClN2O7/c1-3-35-22-12-15(10-18(27)23(22)36-25(31)17-6-4-5-7-19(17)28)11-20-26(32)37-24(29-20)16-9-8-14(2)21(13-16)30(33)34/h4-13H,3H2,1-2H3/b20-11-. The average Bonchev–Trinajstić information content (AvgIpc) is 3.21. The molecule has 3 aromatic carbocycles. The van der Waals surface area contributed by atoms with E-state index in [2.05, 4.69) is 20.9 Å². The number of esters is 2. The second kappa shape index (κ2) is 10.9. The summed E-state index contributed by atoms with van der Waals surface area (Å²) in [7, 11) is 0. The highest BCUT2D eigenvalue weighted by molar-refractivity contribution is 9.10. The van der Waals surface area contributed by atoms with Gasteiger partial charge in [0.1, 0.15) is 0 Å². The van der Waals surface area contributed by atoms with E-state index in [0.717, 1.165) is 0 Å². The minimum Gasteiger partial charge on any atom is -0.490 e. The van der Waals surface area contributed by atoms with Gasteiger partial charge in [-0.3, -0.25) is 10.1 Å². The maximum atomic E-state index is 12.7. The van der Waals surface area contributed by atoms with Crippen LogP contribution in [0.4, 0.5) is 5.69 Å². The summed E-state index contributed by atoms with van der Waals surface area (Å²) < 4.78 is 16.9. The zero-order chi connectivity index (χ0) is 26.7. The van der Waals surface area contributed by atoms with Crippen LogP contribution in [0.1, 0.15) is 34.0 Å². The number of carbonyl (C=O) groups excluding carboxylic acids is 2. The molecule has 1 heterocycles. The Kier molecular flexibility index (Phi) is 7.70. The molecule has 0 saturated carbocycles. The van der Waals surface area contributed by atoms with Gasteiger partial charge in [-0.05, 0) is 71.7 Å². The van der Waals surface area contributed by atoms with E-state index < -0.39 is 16.9 Å². The zero-order valence-corrected chi connectivity index (χ0v) is 21.8. The lowest BCUT2D eigenvalue weighted by molar-refractivity contribution is -0.385. The average molecular weight is 586 g/mol. The van der Waals surface area contributed by atoms with E-state index in [0.29, 0.717) is 21.2 Å². The Morgan fingerprint density at radius 1 is 1.22 bits per heavy atom. The quantitative estimate of drug-likeness (QED) is 0.105. The van der Waals surface area contributed by atoms with Crippen molar-refractivity contribution in [1.82, 2.24) is 0 Å². The SMILES string of the molecule is CCOc1cc(/C=C2\N=C(c3ccc(C)c([N+](=O)[O-])c3)OC2=O)cc(Br)c1OC(=O)c1ccccc1Cl. The first-order valence-electron chi connectivity index (χ1n) is 10.9. The molecule has 1 aliphatic heterocycles. The van der Waals surface area contributed by atoms with Gasteiger partial charge >= 0.3 is 11.9 Å². The van der Waals surface area contributed by atoms with Gasteiger partial charge in [0.2, 0.25) is 5.90 Å². The summed E-state index contributed by atoms with van der Waals surface area (Å²) in [5.41, 5.74) is 1.33. The van der Waals surface area contributed by atoms with Crippen molar-refractivity contribution in [1.29, 1.82) is 0 Å². The third-order valence-electron chi connectivity index (χ3n) is 5.20. The molecule has 0 fully saturated rings. The van der Waals surface area contributed by atoms with E-state index in [1.807, 2.05) is 0 Å². The molecule has 11 heteroatoms. The number of aryl methyl sites for hydroxylation is 1. The smallest absolute Gasteiger partial charge is 0.363 e. The molecule has 0 saturated heterocycles. The van der Waals surface area contributed by atoms with E-state index in [9.17, 15) is 19.7 Å². The summed E-state index contributed by atoms with van der Waals surface area (Å²) in [6.07, 6.45) is 1.46. The molecule has 0 unspecified atom stereocenters. The van der Waals surface area contributed by atoms with E-state index in [1.165, 1.54) is 12.1 Å². The van der Waals surface area contributed by atoms with Crippen LogP contribution in [0.25, 0.3) is 6.08 Å². The van der Waals surface area contributed by atoms with Crippen molar-refractivity contribution in [3.8, 4) is 11.5 Å². The Morgan fingerprint density at radius 3 is 2.68 bits per heavy atom. The number of ether oxygens (including phenoxy) is 3. The van der Waals surface area contributed by atoms with Crippen LogP contribution in [0.3, 0.4) is 0 Å². The zero-order valence-electron chi connectivity index (χ0n) is 19.5. The normalized spacial score (nSPS) is 13.8. The van der Waals surface area contributed by atoms with Gasteiger partial charge < -0.3 is 14.2 Å². The van der Waals surface area contributed by atoms with E-state index in [4.69, 9.17) is 25.8 Å². The van der Waals surface area contributed by atoms with Crippen LogP contribution in [0.5, 0.6) is 11.5 Å². The molecule has 4 rings (SSSR count). The molecule has 0 aliphatic carbocycles. The summed E-state index contributed by atoms with van der Waals surface area (Å²) >= 11 is 9.50. The Hall–Kier alpha value is -4.02. The van der Waals surface area contributed by atoms with Gasteiger partial charge in [-0.2, -0.15) is 0 Å². The maximum absolute atomic E-state index is 12.7. The first-order valence-corrected chi connectivity index (χ1v) is 12.1. The Balaban J connectivity index is 1.67. The molecule has 0 N–H and O–H groups in total. The molecule has 0 atom stereocenters. The molecule has 188 valence electrons. The van der Waals surface area contributed by atoms with Gasteiger partial charge in [0.15, 0.2) is 17.2 Å². The Bertz CT molecular complexity index is 1500. The predicted molar refractivity (Wildman–Crippen MR) is 140 cm³/mol. The third-order valence-corrected chi connectivity index (χ3v) is 6.12. The van der Waals surface area contributed by atoms with Crippen molar-refractivity contribution in [3.63, 3.8) is 0 Å². The second-order valence-electron chi connectivity index (χ2n) is 7.73. The van der Waals surface area contributed by atoms with Gasteiger partial charge in [-0.15, -0.1) is 0 Å². The van der Waals surface area contributed by atoms with Crippen molar-refractivity contribution in [2.75, 3.05) is 6.61 Å². The van der Waals surface area contributed by atoms with Crippen LogP contribution >= 0.6 is 27.5 Å². The van der Waals surface area contributed by atoms with Gasteiger partial charge in [-0.25, -0.2) is 14.6 Å². The molecule has 0 amide bonds. The summed E-state index contributed by atoms with van der Waals surface area (Å²) in [5.74, 6) is -1.05. The number of nitrogens with zero attached hydrogens (tertiary/aromatic N) is 2. The number of hydrogen-bond donors (Lipinski definition) is 0. The fourth-order valence-corrected chi connectivity index (χ4v) is 4.19. The molecule has 0 radical (unpaired) electrons. The minimum atomic E-state index is -0.721. The Morgan fingerprint density at radius 2 is 1.97 bits per heavy atom. The number of aliphatic imine (C=N–C) groups is 1. The molecule has 9 nitrogen and oxygen atoms in total. The fraction of sp³-hybridized carbons (Fsp3) is 0.115. The largest absolute Gasteiger partial charge is 0.490 e. The van der Waals surface area contributed by atoms with Gasteiger partial charge in [0, 0.05) is 17.2 Å². The predicted octanol–water partition coefficient (Wildman–Crippen LogP) is 6.28. The number of benzene rings is 3. The van der Waals surface area contributed by atoms with Crippen LogP contribution in [0, 0.1) is 17.0 Å². The molecule has 3 aromatic rings. The van der Waals surface area contributed by atoms with Crippen molar-refractivity contribution in [2.24, 2.45) is 4.99 Å². The van der Waals surface area contributed by atoms with Gasteiger partial charge in [0.25, 0.3) is 5.69 Å². The van der Waals surface area contributed by atoms with Gasteiger partial charge in [0.05, 0.1) is 26.6 Å². The third kappa shape index (κ3) is 5.71. The maximum Gasteiger partial charge on any atom is 0.363 e. The molecule has 0 aromatic heterocycles. The molecule has 0 spiro atoms. The van der Waals surface area contributed by atoms with Crippen LogP contribution in [-0.2, 0) is 9.53 Å². The highest BCUT2D eigenvalue weighted by Crippen LogP contribution is 2.38. The van der Waals surface area contributed by atoms with Crippen LogP contribution < -0.4 is 9.47 Å². The van der Waals surface area contributed by atoms with Gasteiger partial charge in [-0.1, -0.05) is 29.8 Å². The van der Waals surface area contributed by atoms with Crippen molar-refractivity contribution >= 4 is 57.1 Å². The molecular weight excluding hydrogens is 568 g/mol. The lowest BCUT2D eigenvalue weighted by Crippen LogP contribution is -2.11. The summed E-state index contributed by atoms with van der Waals surface area (Å²) in [6.45, 7) is 3.66. The first-order chi connectivity index (χ1) is 17.7. The van der Waals surface area contributed by atoms with Crippen molar-refractivity contribution in [3.05, 3.63) is 102 Å². The number of rotatable bonds is 7. The summed E-state index contributed by atoms with van der Waals surface area (Å²) in [6, 6.07) is 14.1. The lowest BCUT2D eigenvalue weighted by atomic mass is 10.1. The molecular formula is C26H18BrClN2O7. The minimum absolute atomic E-state index is 0.0200. The van der Waals surface area contributed by atoms with Crippen LogP contribution in [0.15, 0.2) is 69.8 Å². The summed E-state index contributed by atoms with van der Waals surface area (Å²) in [5, 5.41) is 11.5. The number of halogens is 2. The topological polar surface area (TPSA) is 117 Å².